The van der Waals surface area contributed by atoms with Crippen LogP contribution in [0, 0.1) is 0 Å². The van der Waals surface area contributed by atoms with Crippen LogP contribution in [-0.2, 0) is 19.8 Å². The minimum Gasteiger partial charge on any atom is -0.489 e. The van der Waals surface area contributed by atoms with Gasteiger partial charge in [0, 0.05) is 25.2 Å². The molecule has 0 amide bonds. The van der Waals surface area contributed by atoms with E-state index in [1.54, 1.807) is 0 Å². The number of aliphatic hydroxyl groups excluding tert-OH is 1. The average Bonchev–Trinajstić information content (AvgIpc) is 2.92. The van der Waals surface area contributed by atoms with Crippen LogP contribution >= 0.6 is 0 Å². The minimum atomic E-state index is -0.685. The Morgan fingerprint density at radius 2 is 1.08 bits per heavy atom. The smallest absolute Gasteiger partial charge is 0.123 e. The van der Waals surface area contributed by atoms with Gasteiger partial charge in [0.05, 0.1) is 6.10 Å². The van der Waals surface area contributed by atoms with E-state index in [-0.39, 0.29) is 6.04 Å². The predicted molar refractivity (Wildman–Crippen MR) is 145 cm³/mol. The second-order valence-corrected chi connectivity index (χ2v) is 9.31. The van der Waals surface area contributed by atoms with Gasteiger partial charge in [-0.15, -0.1) is 0 Å². The van der Waals surface area contributed by atoms with Gasteiger partial charge >= 0.3 is 0 Å². The molecular formula is C32H35NO3. The van der Waals surface area contributed by atoms with Crippen molar-refractivity contribution in [2.45, 2.75) is 45.8 Å². The lowest BCUT2D eigenvalue weighted by atomic mass is 10.1. The third-order valence-corrected chi connectivity index (χ3v) is 6.15. The molecule has 0 saturated carbocycles. The van der Waals surface area contributed by atoms with Crippen LogP contribution in [0.25, 0.3) is 0 Å². The van der Waals surface area contributed by atoms with Crippen LogP contribution in [0.4, 0.5) is 0 Å². The van der Waals surface area contributed by atoms with Gasteiger partial charge in [0.1, 0.15) is 24.7 Å². The van der Waals surface area contributed by atoms with Crippen molar-refractivity contribution in [3.05, 3.63) is 131 Å². The Balaban J connectivity index is 1.52. The molecule has 4 rings (SSSR count). The number of ether oxygens (including phenoxy) is 2. The lowest BCUT2D eigenvalue weighted by Gasteiger charge is -2.29. The third-order valence-electron chi connectivity index (χ3n) is 6.15. The molecule has 0 spiro atoms. The molecule has 36 heavy (non-hydrogen) atoms. The van der Waals surface area contributed by atoms with E-state index in [0.29, 0.717) is 31.3 Å². The van der Waals surface area contributed by atoms with E-state index >= 15 is 0 Å². The van der Waals surface area contributed by atoms with Crippen LogP contribution in [0.2, 0.25) is 0 Å². The highest BCUT2D eigenvalue weighted by Gasteiger charge is 2.18. The molecule has 4 nitrogen and oxygen atoms in total. The van der Waals surface area contributed by atoms with Crippen LogP contribution < -0.4 is 9.47 Å². The van der Waals surface area contributed by atoms with Gasteiger partial charge in [-0.1, -0.05) is 91.0 Å². The van der Waals surface area contributed by atoms with Gasteiger partial charge in [-0.3, -0.25) is 4.90 Å². The first kappa shape index (κ1) is 25.5. The van der Waals surface area contributed by atoms with E-state index in [0.717, 1.165) is 23.2 Å². The molecule has 0 aromatic heterocycles. The average molecular weight is 482 g/mol. The van der Waals surface area contributed by atoms with Crippen molar-refractivity contribution in [2.75, 3.05) is 6.54 Å². The first-order valence-corrected chi connectivity index (χ1v) is 12.5. The van der Waals surface area contributed by atoms with Crippen LogP contribution in [0.5, 0.6) is 11.5 Å². The zero-order valence-corrected chi connectivity index (χ0v) is 21.1. The van der Waals surface area contributed by atoms with E-state index < -0.39 is 6.10 Å². The molecule has 0 bridgehead atoms. The van der Waals surface area contributed by atoms with Gasteiger partial charge in [-0.05, 0) is 48.2 Å². The topological polar surface area (TPSA) is 41.9 Å². The fourth-order valence-corrected chi connectivity index (χ4v) is 4.04. The van der Waals surface area contributed by atoms with Gasteiger partial charge in [-0.25, -0.2) is 0 Å². The number of hydrogen-bond donors (Lipinski definition) is 1. The zero-order chi connectivity index (χ0) is 25.2. The number of hydrogen-bond acceptors (Lipinski definition) is 4. The molecule has 1 atom stereocenters. The zero-order valence-electron chi connectivity index (χ0n) is 21.1. The molecule has 0 heterocycles. The number of benzene rings is 4. The summed E-state index contributed by atoms with van der Waals surface area (Å²) in [5.41, 5.74) is 4.18. The molecule has 0 saturated heterocycles. The summed E-state index contributed by atoms with van der Waals surface area (Å²) in [7, 11) is 0. The van der Waals surface area contributed by atoms with Crippen molar-refractivity contribution in [1.82, 2.24) is 4.90 Å². The molecular weight excluding hydrogens is 446 g/mol. The number of rotatable bonds is 12. The fraction of sp³-hybridized carbons (Fsp3) is 0.250. The largest absolute Gasteiger partial charge is 0.489 e. The van der Waals surface area contributed by atoms with E-state index in [2.05, 4.69) is 30.9 Å². The Morgan fingerprint density at radius 3 is 1.53 bits per heavy atom. The number of aliphatic hydroxyl groups is 1. The molecule has 186 valence electrons. The Hall–Kier alpha value is -3.60. The fourth-order valence-electron chi connectivity index (χ4n) is 4.04. The lowest BCUT2D eigenvalue weighted by molar-refractivity contribution is 0.0903. The maximum Gasteiger partial charge on any atom is 0.123 e. The molecule has 1 N–H and O–H groups in total. The standard InChI is InChI=1S/C32H35NO3/c1-25(2)33(21-26-12-6-3-7-13-26)22-32(34)29-18-30(35-23-27-14-8-4-9-15-27)20-31(19-29)36-24-28-16-10-5-11-17-28/h3-20,25,32,34H,21-24H2,1-2H3. The number of nitrogens with zero attached hydrogens (tertiary/aromatic N) is 1. The molecule has 0 radical (unpaired) electrons. The third kappa shape index (κ3) is 7.70. The Bertz CT molecular complexity index is 1120. The van der Waals surface area contributed by atoms with Crippen LogP contribution in [-0.4, -0.2) is 22.6 Å². The predicted octanol–water partition coefficient (Wildman–Crippen LogP) is 6.79. The normalized spacial score (nSPS) is 12.0. The maximum atomic E-state index is 11.3. The highest BCUT2D eigenvalue weighted by Crippen LogP contribution is 2.29. The molecule has 0 aliphatic rings. The van der Waals surface area contributed by atoms with E-state index in [1.807, 2.05) is 97.1 Å². The van der Waals surface area contributed by atoms with E-state index in [4.69, 9.17) is 9.47 Å². The second kappa shape index (κ2) is 12.9. The lowest BCUT2D eigenvalue weighted by Crippen LogP contribution is -2.34. The Labute approximate surface area is 214 Å². The molecule has 0 aliphatic carbocycles. The van der Waals surface area contributed by atoms with Gasteiger partial charge in [0.2, 0.25) is 0 Å². The summed E-state index contributed by atoms with van der Waals surface area (Å²) >= 11 is 0. The molecule has 0 fully saturated rings. The molecule has 1 unspecified atom stereocenters. The van der Waals surface area contributed by atoms with E-state index in [9.17, 15) is 5.11 Å². The van der Waals surface area contributed by atoms with Crippen LogP contribution in [0.1, 0.15) is 42.2 Å². The highest BCUT2D eigenvalue weighted by atomic mass is 16.5. The summed E-state index contributed by atoms with van der Waals surface area (Å²) in [5, 5.41) is 11.3. The molecule has 4 aromatic rings. The van der Waals surface area contributed by atoms with Gasteiger partial charge in [0.25, 0.3) is 0 Å². The summed E-state index contributed by atoms with van der Waals surface area (Å²) in [5.74, 6) is 1.36. The monoisotopic (exact) mass is 481 g/mol. The summed E-state index contributed by atoms with van der Waals surface area (Å²) in [6.07, 6.45) is -0.685. The van der Waals surface area contributed by atoms with Crippen molar-refractivity contribution in [2.24, 2.45) is 0 Å². The SMILES string of the molecule is CC(C)N(Cc1ccccc1)CC(O)c1cc(OCc2ccccc2)cc(OCc2ccccc2)c1. The first-order chi connectivity index (χ1) is 17.6. The second-order valence-electron chi connectivity index (χ2n) is 9.31. The molecule has 4 heteroatoms. The summed E-state index contributed by atoms with van der Waals surface area (Å²) in [6.45, 7) is 6.49. The van der Waals surface area contributed by atoms with Crippen molar-refractivity contribution in [3.8, 4) is 11.5 Å². The Morgan fingerprint density at radius 1 is 0.639 bits per heavy atom. The van der Waals surface area contributed by atoms with Gasteiger partial charge < -0.3 is 14.6 Å². The maximum absolute atomic E-state index is 11.3. The summed E-state index contributed by atoms with van der Waals surface area (Å²) in [4.78, 5) is 2.28. The van der Waals surface area contributed by atoms with Crippen molar-refractivity contribution in [1.29, 1.82) is 0 Å². The first-order valence-electron chi connectivity index (χ1n) is 12.5. The van der Waals surface area contributed by atoms with E-state index in [1.165, 1.54) is 5.56 Å². The van der Waals surface area contributed by atoms with Crippen molar-refractivity contribution < 1.29 is 14.6 Å². The highest BCUT2D eigenvalue weighted by molar-refractivity contribution is 5.40. The summed E-state index contributed by atoms with van der Waals surface area (Å²) in [6, 6.07) is 36.5. The quantitative estimate of drug-likeness (QED) is 0.242. The molecule has 0 aliphatic heterocycles. The minimum absolute atomic E-state index is 0.283. The van der Waals surface area contributed by atoms with Crippen LogP contribution in [0.3, 0.4) is 0 Å². The Kier molecular flexibility index (Phi) is 9.15. The molecule has 4 aromatic carbocycles. The van der Waals surface area contributed by atoms with Gasteiger partial charge in [-0.2, -0.15) is 0 Å². The van der Waals surface area contributed by atoms with Gasteiger partial charge in [0.15, 0.2) is 0 Å². The summed E-state index contributed by atoms with van der Waals surface area (Å²) < 4.78 is 12.2. The van der Waals surface area contributed by atoms with Crippen LogP contribution in [0.15, 0.2) is 109 Å². The van der Waals surface area contributed by atoms with Crippen molar-refractivity contribution in [3.63, 3.8) is 0 Å². The van der Waals surface area contributed by atoms with Crippen molar-refractivity contribution >= 4 is 0 Å².